The fourth-order valence-corrected chi connectivity index (χ4v) is 1.33. The Labute approximate surface area is 92.6 Å². The van der Waals surface area contributed by atoms with Gasteiger partial charge in [0, 0.05) is 13.2 Å². The maximum absolute atomic E-state index is 13.5. The van der Waals surface area contributed by atoms with E-state index in [1.165, 1.54) is 0 Å². The van der Waals surface area contributed by atoms with Gasteiger partial charge in [0.25, 0.3) is 0 Å². The van der Waals surface area contributed by atoms with Crippen LogP contribution in [-0.2, 0) is 0 Å². The van der Waals surface area contributed by atoms with Gasteiger partial charge in [-0.3, -0.25) is 4.98 Å². The summed E-state index contributed by atoms with van der Waals surface area (Å²) < 4.78 is 13.5. The van der Waals surface area contributed by atoms with Crippen LogP contribution in [0.2, 0.25) is 0 Å². The van der Waals surface area contributed by atoms with Gasteiger partial charge in [-0.1, -0.05) is 6.07 Å². The molecule has 0 unspecified atom stereocenters. The molecule has 2 aromatic rings. The summed E-state index contributed by atoms with van der Waals surface area (Å²) in [6.07, 6.45) is 1.65. The Hall–Kier alpha value is -2.04. The lowest BCUT2D eigenvalue weighted by molar-refractivity contribution is 0.607. The SMILES string of the molecule is CNc1nc(-c2ccccn2)nc(C)c1F. The van der Waals surface area contributed by atoms with Gasteiger partial charge in [0.1, 0.15) is 5.69 Å². The summed E-state index contributed by atoms with van der Waals surface area (Å²) in [5, 5.41) is 2.69. The molecule has 16 heavy (non-hydrogen) atoms. The van der Waals surface area contributed by atoms with Crippen LogP contribution in [0.15, 0.2) is 24.4 Å². The van der Waals surface area contributed by atoms with E-state index in [4.69, 9.17) is 0 Å². The van der Waals surface area contributed by atoms with Gasteiger partial charge in [-0.25, -0.2) is 14.4 Å². The maximum Gasteiger partial charge on any atom is 0.186 e. The molecule has 0 spiro atoms. The normalized spacial score (nSPS) is 10.2. The first-order valence-electron chi connectivity index (χ1n) is 4.85. The standard InChI is InChI=1S/C11H11FN4/c1-7-9(12)11(13-2)16-10(15-7)8-5-3-4-6-14-8/h3-6H,1-2H3,(H,13,15,16). The Balaban J connectivity index is 2.55. The van der Waals surface area contributed by atoms with Crippen molar-refractivity contribution < 1.29 is 4.39 Å². The van der Waals surface area contributed by atoms with Crippen LogP contribution in [0.4, 0.5) is 10.2 Å². The second-order valence-electron chi connectivity index (χ2n) is 3.26. The lowest BCUT2D eigenvalue weighted by Crippen LogP contribution is -2.04. The van der Waals surface area contributed by atoms with E-state index >= 15 is 0 Å². The fraction of sp³-hybridized carbons (Fsp3) is 0.182. The van der Waals surface area contributed by atoms with E-state index in [2.05, 4.69) is 20.3 Å². The highest BCUT2D eigenvalue weighted by molar-refractivity contribution is 5.53. The van der Waals surface area contributed by atoms with Crippen molar-refractivity contribution in [1.82, 2.24) is 15.0 Å². The number of hydrogen-bond acceptors (Lipinski definition) is 4. The van der Waals surface area contributed by atoms with Crippen LogP contribution in [0.3, 0.4) is 0 Å². The van der Waals surface area contributed by atoms with E-state index in [0.717, 1.165) is 0 Å². The number of aromatic nitrogens is 3. The van der Waals surface area contributed by atoms with E-state index in [1.807, 2.05) is 6.07 Å². The van der Waals surface area contributed by atoms with Crippen LogP contribution in [0, 0.1) is 12.7 Å². The second-order valence-corrected chi connectivity index (χ2v) is 3.26. The zero-order valence-electron chi connectivity index (χ0n) is 9.03. The number of anilines is 1. The van der Waals surface area contributed by atoms with Crippen LogP contribution >= 0.6 is 0 Å². The minimum absolute atomic E-state index is 0.188. The monoisotopic (exact) mass is 218 g/mol. The first kappa shape index (κ1) is 10.5. The van der Waals surface area contributed by atoms with Crippen molar-refractivity contribution in [3.05, 3.63) is 35.9 Å². The van der Waals surface area contributed by atoms with Gasteiger partial charge in [-0.05, 0) is 19.1 Å². The molecule has 4 nitrogen and oxygen atoms in total. The average molecular weight is 218 g/mol. The maximum atomic E-state index is 13.5. The average Bonchev–Trinajstić information content (AvgIpc) is 2.33. The molecule has 82 valence electrons. The molecular formula is C11H11FN4. The van der Waals surface area contributed by atoms with Crippen molar-refractivity contribution >= 4 is 5.82 Å². The highest BCUT2D eigenvalue weighted by Crippen LogP contribution is 2.18. The van der Waals surface area contributed by atoms with E-state index in [9.17, 15) is 4.39 Å². The minimum atomic E-state index is -0.429. The zero-order valence-corrected chi connectivity index (χ0v) is 9.03. The highest BCUT2D eigenvalue weighted by atomic mass is 19.1. The Kier molecular flexibility index (Phi) is 2.76. The molecule has 0 bridgehead atoms. The summed E-state index contributed by atoms with van der Waals surface area (Å²) in [5.41, 5.74) is 0.933. The smallest absolute Gasteiger partial charge is 0.186 e. The lowest BCUT2D eigenvalue weighted by Gasteiger charge is -2.06. The van der Waals surface area contributed by atoms with Crippen LogP contribution in [0.1, 0.15) is 5.69 Å². The lowest BCUT2D eigenvalue weighted by atomic mass is 10.3. The van der Waals surface area contributed by atoms with Gasteiger partial charge in [0.05, 0.1) is 5.69 Å². The van der Waals surface area contributed by atoms with E-state index in [0.29, 0.717) is 17.2 Å². The van der Waals surface area contributed by atoms with Crippen molar-refractivity contribution in [3.8, 4) is 11.5 Å². The van der Waals surface area contributed by atoms with E-state index in [-0.39, 0.29) is 5.82 Å². The van der Waals surface area contributed by atoms with Crippen molar-refractivity contribution in [1.29, 1.82) is 0 Å². The number of halogens is 1. The molecule has 1 N–H and O–H groups in total. The van der Waals surface area contributed by atoms with Gasteiger partial charge >= 0.3 is 0 Å². The molecule has 0 aliphatic rings. The largest absolute Gasteiger partial charge is 0.371 e. The highest BCUT2D eigenvalue weighted by Gasteiger charge is 2.11. The predicted molar refractivity (Wildman–Crippen MR) is 59.5 cm³/mol. The fourth-order valence-electron chi connectivity index (χ4n) is 1.33. The predicted octanol–water partition coefficient (Wildman–Crippen LogP) is 2.03. The van der Waals surface area contributed by atoms with Gasteiger partial charge in [-0.2, -0.15) is 0 Å². The Morgan fingerprint density at radius 2 is 2.06 bits per heavy atom. The number of nitrogens with zero attached hydrogens (tertiary/aromatic N) is 3. The van der Waals surface area contributed by atoms with Crippen LogP contribution < -0.4 is 5.32 Å². The molecule has 0 atom stereocenters. The summed E-state index contributed by atoms with van der Waals surface area (Å²) in [4.78, 5) is 12.2. The van der Waals surface area contributed by atoms with Gasteiger partial charge < -0.3 is 5.32 Å². The third-order valence-corrected chi connectivity index (χ3v) is 2.15. The molecule has 0 saturated carbocycles. The number of hydrogen-bond donors (Lipinski definition) is 1. The molecule has 0 fully saturated rings. The third kappa shape index (κ3) is 1.84. The van der Waals surface area contributed by atoms with Crippen molar-refractivity contribution in [3.63, 3.8) is 0 Å². The van der Waals surface area contributed by atoms with Gasteiger partial charge in [0.15, 0.2) is 17.5 Å². The summed E-state index contributed by atoms with van der Waals surface area (Å²) in [6.45, 7) is 1.60. The molecular weight excluding hydrogens is 207 g/mol. The molecule has 0 radical (unpaired) electrons. The quantitative estimate of drug-likeness (QED) is 0.837. The van der Waals surface area contributed by atoms with Crippen molar-refractivity contribution in [2.45, 2.75) is 6.92 Å². The summed E-state index contributed by atoms with van der Waals surface area (Å²) in [6, 6.07) is 5.43. The number of rotatable bonds is 2. The molecule has 2 heterocycles. The molecule has 5 heteroatoms. The van der Waals surface area contributed by atoms with Crippen LogP contribution in [0.25, 0.3) is 11.5 Å². The van der Waals surface area contributed by atoms with E-state index in [1.54, 1.807) is 32.3 Å². The van der Waals surface area contributed by atoms with Crippen molar-refractivity contribution in [2.24, 2.45) is 0 Å². The summed E-state index contributed by atoms with van der Waals surface area (Å²) in [5.74, 6) is 0.180. The van der Waals surface area contributed by atoms with Crippen LogP contribution in [-0.4, -0.2) is 22.0 Å². The van der Waals surface area contributed by atoms with E-state index < -0.39 is 5.82 Å². The third-order valence-electron chi connectivity index (χ3n) is 2.15. The molecule has 0 saturated heterocycles. The molecule has 0 aliphatic heterocycles. The molecule has 0 aromatic carbocycles. The number of nitrogens with one attached hydrogen (secondary N) is 1. The summed E-state index contributed by atoms with van der Waals surface area (Å²) in [7, 11) is 1.62. The first-order chi connectivity index (χ1) is 7.72. The van der Waals surface area contributed by atoms with Crippen LogP contribution in [0.5, 0.6) is 0 Å². The van der Waals surface area contributed by atoms with Crippen molar-refractivity contribution in [2.75, 3.05) is 12.4 Å². The minimum Gasteiger partial charge on any atom is -0.371 e. The molecule has 0 amide bonds. The number of pyridine rings is 1. The topological polar surface area (TPSA) is 50.7 Å². The molecule has 0 aliphatic carbocycles. The van der Waals surface area contributed by atoms with Gasteiger partial charge in [0.2, 0.25) is 0 Å². The Morgan fingerprint density at radius 1 is 1.25 bits per heavy atom. The molecule has 2 rings (SSSR count). The molecule has 2 aromatic heterocycles. The second kappa shape index (κ2) is 4.22. The summed E-state index contributed by atoms with van der Waals surface area (Å²) >= 11 is 0. The first-order valence-corrected chi connectivity index (χ1v) is 4.85. The number of aryl methyl sites for hydroxylation is 1. The Morgan fingerprint density at radius 3 is 2.69 bits per heavy atom. The van der Waals surface area contributed by atoms with Gasteiger partial charge in [-0.15, -0.1) is 0 Å². The zero-order chi connectivity index (χ0) is 11.5. The Bertz CT molecular complexity index is 499.